The van der Waals surface area contributed by atoms with Gasteiger partial charge in [0, 0.05) is 13.1 Å². The zero-order chi connectivity index (χ0) is 12.4. The van der Waals surface area contributed by atoms with Gasteiger partial charge in [-0.2, -0.15) is 0 Å². The maximum atomic E-state index is 13.9. The third-order valence-corrected chi connectivity index (χ3v) is 3.29. The van der Waals surface area contributed by atoms with Crippen LogP contribution in [0, 0.1) is 5.82 Å². The maximum Gasteiger partial charge on any atom is 0.310 e. The predicted octanol–water partition coefficient (Wildman–Crippen LogP) is 2.61. The highest BCUT2D eigenvalue weighted by Gasteiger charge is 2.19. The maximum absolute atomic E-state index is 13.9. The Morgan fingerprint density at radius 3 is 2.59 bits per heavy atom. The van der Waals surface area contributed by atoms with E-state index in [4.69, 9.17) is 5.11 Å². The molecule has 92 valence electrons. The molecule has 1 heterocycles. The van der Waals surface area contributed by atoms with Crippen LogP contribution in [0.4, 0.5) is 10.1 Å². The molecule has 2 rings (SSSR count). The third kappa shape index (κ3) is 2.40. The highest BCUT2D eigenvalue weighted by molar-refractivity contribution is 5.75. The molecule has 1 aliphatic rings. The lowest BCUT2D eigenvalue weighted by Gasteiger charge is -2.19. The Labute approximate surface area is 99.9 Å². The van der Waals surface area contributed by atoms with E-state index in [0.717, 1.165) is 25.9 Å². The molecule has 3 nitrogen and oxygen atoms in total. The molecule has 0 aliphatic carbocycles. The van der Waals surface area contributed by atoms with Crippen molar-refractivity contribution in [3.8, 4) is 0 Å². The molecule has 1 N–H and O–H groups in total. The van der Waals surface area contributed by atoms with Crippen molar-refractivity contribution < 1.29 is 14.3 Å². The SMILES string of the molecule is CC(C(=O)O)c1ccc(N2CCCC2)c(F)c1. The fourth-order valence-corrected chi connectivity index (χ4v) is 2.15. The van der Waals surface area contributed by atoms with E-state index in [1.807, 2.05) is 4.90 Å². The number of nitrogens with zero attached hydrogens (tertiary/aromatic N) is 1. The number of halogens is 1. The number of rotatable bonds is 3. The van der Waals surface area contributed by atoms with Gasteiger partial charge >= 0.3 is 5.97 Å². The first-order chi connectivity index (χ1) is 8.09. The van der Waals surface area contributed by atoms with Crippen molar-refractivity contribution >= 4 is 11.7 Å². The Morgan fingerprint density at radius 1 is 1.41 bits per heavy atom. The number of carboxylic acids is 1. The summed E-state index contributed by atoms with van der Waals surface area (Å²) < 4.78 is 13.9. The van der Waals surface area contributed by atoms with Gasteiger partial charge in [0.05, 0.1) is 11.6 Å². The van der Waals surface area contributed by atoms with Gasteiger partial charge in [-0.1, -0.05) is 6.07 Å². The first-order valence-electron chi connectivity index (χ1n) is 5.87. The van der Waals surface area contributed by atoms with Crippen molar-refractivity contribution in [2.45, 2.75) is 25.7 Å². The average Bonchev–Trinajstić information content (AvgIpc) is 2.81. The number of anilines is 1. The van der Waals surface area contributed by atoms with Crippen molar-refractivity contribution in [3.05, 3.63) is 29.6 Å². The molecular formula is C13H16FNO2. The summed E-state index contributed by atoms with van der Waals surface area (Å²) in [4.78, 5) is 12.8. The monoisotopic (exact) mass is 237 g/mol. The van der Waals surface area contributed by atoms with Crippen LogP contribution in [0.3, 0.4) is 0 Å². The second-order valence-electron chi connectivity index (χ2n) is 4.46. The van der Waals surface area contributed by atoms with E-state index >= 15 is 0 Å². The molecule has 4 heteroatoms. The number of hydrogen-bond acceptors (Lipinski definition) is 2. The second-order valence-corrected chi connectivity index (χ2v) is 4.46. The third-order valence-electron chi connectivity index (χ3n) is 3.29. The topological polar surface area (TPSA) is 40.5 Å². The molecule has 1 aliphatic heterocycles. The highest BCUT2D eigenvalue weighted by Crippen LogP contribution is 2.27. The summed E-state index contributed by atoms with van der Waals surface area (Å²) in [6, 6.07) is 4.73. The molecule has 0 bridgehead atoms. The van der Waals surface area contributed by atoms with Gasteiger partial charge in [0.15, 0.2) is 0 Å². The number of carboxylic acid groups (broad SMARTS) is 1. The fourth-order valence-electron chi connectivity index (χ4n) is 2.15. The van der Waals surface area contributed by atoms with Gasteiger partial charge in [0.25, 0.3) is 0 Å². The van der Waals surface area contributed by atoms with Gasteiger partial charge in [0.1, 0.15) is 5.82 Å². The van der Waals surface area contributed by atoms with Crippen molar-refractivity contribution in [1.82, 2.24) is 0 Å². The van der Waals surface area contributed by atoms with Crippen LogP contribution in [0.15, 0.2) is 18.2 Å². The lowest BCUT2D eigenvalue weighted by Crippen LogP contribution is -2.19. The van der Waals surface area contributed by atoms with E-state index in [9.17, 15) is 9.18 Å². The van der Waals surface area contributed by atoms with Crippen molar-refractivity contribution in [2.24, 2.45) is 0 Å². The normalized spacial score (nSPS) is 17.2. The van der Waals surface area contributed by atoms with Crippen LogP contribution in [-0.4, -0.2) is 24.2 Å². The van der Waals surface area contributed by atoms with Gasteiger partial charge < -0.3 is 10.0 Å². The Kier molecular flexibility index (Phi) is 3.31. The summed E-state index contributed by atoms with van der Waals surface area (Å²) in [6.45, 7) is 3.32. The van der Waals surface area contributed by atoms with Crippen molar-refractivity contribution in [2.75, 3.05) is 18.0 Å². The van der Waals surface area contributed by atoms with Crippen LogP contribution in [0.25, 0.3) is 0 Å². The van der Waals surface area contributed by atoms with E-state index in [-0.39, 0.29) is 5.82 Å². The minimum Gasteiger partial charge on any atom is -0.481 e. The summed E-state index contributed by atoms with van der Waals surface area (Å²) in [7, 11) is 0. The van der Waals surface area contributed by atoms with Crippen LogP contribution in [0.2, 0.25) is 0 Å². The van der Waals surface area contributed by atoms with E-state index in [0.29, 0.717) is 11.3 Å². The Hall–Kier alpha value is -1.58. The second kappa shape index (κ2) is 4.73. The van der Waals surface area contributed by atoms with E-state index in [2.05, 4.69) is 0 Å². The zero-order valence-electron chi connectivity index (χ0n) is 9.82. The summed E-state index contributed by atoms with van der Waals surface area (Å²) >= 11 is 0. The first kappa shape index (κ1) is 11.9. The van der Waals surface area contributed by atoms with Crippen LogP contribution in [0.1, 0.15) is 31.2 Å². The summed E-state index contributed by atoms with van der Waals surface area (Å²) in [5.41, 5.74) is 1.10. The van der Waals surface area contributed by atoms with Gasteiger partial charge in [-0.25, -0.2) is 4.39 Å². The number of hydrogen-bond donors (Lipinski definition) is 1. The van der Waals surface area contributed by atoms with E-state index in [1.54, 1.807) is 19.1 Å². The van der Waals surface area contributed by atoms with Gasteiger partial charge in [-0.05, 0) is 37.5 Å². The fraction of sp³-hybridized carbons (Fsp3) is 0.462. The van der Waals surface area contributed by atoms with Crippen molar-refractivity contribution in [3.63, 3.8) is 0 Å². The lowest BCUT2D eigenvalue weighted by molar-refractivity contribution is -0.138. The molecule has 0 radical (unpaired) electrons. The van der Waals surface area contributed by atoms with E-state index in [1.165, 1.54) is 6.07 Å². The van der Waals surface area contributed by atoms with Crippen molar-refractivity contribution in [1.29, 1.82) is 0 Å². The van der Waals surface area contributed by atoms with Crippen LogP contribution in [0.5, 0.6) is 0 Å². The summed E-state index contributed by atoms with van der Waals surface area (Å²) in [5.74, 6) is -1.92. The molecule has 1 aromatic carbocycles. The zero-order valence-corrected chi connectivity index (χ0v) is 9.82. The predicted molar refractivity (Wildman–Crippen MR) is 63.9 cm³/mol. The molecule has 1 aromatic rings. The van der Waals surface area contributed by atoms with Crippen LogP contribution in [-0.2, 0) is 4.79 Å². The minimum absolute atomic E-state index is 0.322. The first-order valence-corrected chi connectivity index (χ1v) is 5.87. The Morgan fingerprint density at radius 2 is 2.06 bits per heavy atom. The number of benzene rings is 1. The van der Waals surface area contributed by atoms with Gasteiger partial charge in [-0.15, -0.1) is 0 Å². The van der Waals surface area contributed by atoms with Crippen LogP contribution < -0.4 is 4.90 Å². The minimum atomic E-state index is -0.932. The lowest BCUT2D eigenvalue weighted by atomic mass is 10.0. The largest absolute Gasteiger partial charge is 0.481 e. The molecule has 17 heavy (non-hydrogen) atoms. The molecule has 0 aromatic heterocycles. The van der Waals surface area contributed by atoms with Crippen LogP contribution >= 0.6 is 0 Å². The standard InChI is InChI=1S/C13H16FNO2/c1-9(13(16)17)10-4-5-12(11(14)8-10)15-6-2-3-7-15/h4-5,8-9H,2-3,6-7H2,1H3,(H,16,17). The Bertz CT molecular complexity index is 427. The summed E-state index contributed by atoms with van der Waals surface area (Å²) in [6.07, 6.45) is 2.18. The quantitative estimate of drug-likeness (QED) is 0.878. The molecular weight excluding hydrogens is 221 g/mol. The summed E-state index contributed by atoms with van der Waals surface area (Å²) in [5, 5.41) is 8.87. The highest BCUT2D eigenvalue weighted by atomic mass is 19.1. The molecule has 0 saturated carbocycles. The smallest absolute Gasteiger partial charge is 0.310 e. The molecule has 1 saturated heterocycles. The van der Waals surface area contributed by atoms with E-state index < -0.39 is 11.9 Å². The molecule has 0 amide bonds. The number of aliphatic carboxylic acids is 1. The average molecular weight is 237 g/mol. The van der Waals surface area contributed by atoms with Gasteiger partial charge in [0.2, 0.25) is 0 Å². The Balaban J connectivity index is 2.25. The molecule has 1 unspecified atom stereocenters. The molecule has 1 atom stereocenters. The van der Waals surface area contributed by atoms with Gasteiger partial charge in [-0.3, -0.25) is 4.79 Å². The molecule has 1 fully saturated rings. The molecule has 0 spiro atoms. The number of carbonyl (C=O) groups is 1.